The van der Waals surface area contributed by atoms with Gasteiger partial charge in [-0.1, -0.05) is 13.3 Å². The molecule has 0 aromatic carbocycles. The van der Waals surface area contributed by atoms with Crippen molar-refractivity contribution in [1.29, 1.82) is 0 Å². The van der Waals surface area contributed by atoms with Gasteiger partial charge in [0.1, 0.15) is 5.75 Å². The Bertz CT molecular complexity index is 258. The highest BCUT2D eigenvalue weighted by Gasteiger charge is 2.01. The third kappa shape index (κ3) is 2.22. The minimum atomic E-state index is 0.328. The number of rotatable bonds is 3. The second-order valence-electron chi connectivity index (χ2n) is 3.02. The molecule has 0 atom stereocenters. The summed E-state index contributed by atoms with van der Waals surface area (Å²) in [5.74, 6) is 0.328. The highest BCUT2D eigenvalue weighted by molar-refractivity contribution is 5.27. The third-order valence-corrected chi connectivity index (χ3v) is 1.86. The van der Waals surface area contributed by atoms with Gasteiger partial charge in [0.25, 0.3) is 0 Å². The number of hydrogen-bond donors (Lipinski definition) is 1. The summed E-state index contributed by atoms with van der Waals surface area (Å²) in [6.45, 7) is 4.07. The van der Waals surface area contributed by atoms with Crippen molar-refractivity contribution >= 4 is 0 Å². The molecule has 0 spiro atoms. The average Bonchev–Trinajstić information content (AvgIpc) is 2.07. The van der Waals surface area contributed by atoms with Crippen molar-refractivity contribution in [2.24, 2.45) is 0 Å². The molecular formula is C10H15NO. The Balaban J connectivity index is 2.75. The molecule has 1 N–H and O–H groups in total. The van der Waals surface area contributed by atoms with Gasteiger partial charge in [-0.25, -0.2) is 0 Å². The first kappa shape index (κ1) is 9.04. The first-order valence-electron chi connectivity index (χ1n) is 4.39. The maximum Gasteiger partial charge on any atom is 0.137 e. The Hall–Kier alpha value is -1.05. The number of aromatic hydroxyl groups is 1. The Morgan fingerprint density at radius 3 is 2.83 bits per heavy atom. The van der Waals surface area contributed by atoms with Crippen LogP contribution >= 0.6 is 0 Å². The molecule has 0 unspecified atom stereocenters. The molecule has 0 aliphatic rings. The van der Waals surface area contributed by atoms with E-state index in [1.165, 1.54) is 0 Å². The van der Waals surface area contributed by atoms with Crippen molar-refractivity contribution in [2.75, 3.05) is 0 Å². The monoisotopic (exact) mass is 165 g/mol. The zero-order chi connectivity index (χ0) is 8.97. The predicted octanol–water partition coefficient (Wildman–Crippen LogP) is 2.44. The summed E-state index contributed by atoms with van der Waals surface area (Å²) in [7, 11) is 0. The highest BCUT2D eigenvalue weighted by Crippen LogP contribution is 2.16. The lowest BCUT2D eigenvalue weighted by Gasteiger charge is -2.02. The molecule has 0 aliphatic carbocycles. The Morgan fingerprint density at radius 1 is 1.42 bits per heavy atom. The van der Waals surface area contributed by atoms with Gasteiger partial charge in [0.05, 0.1) is 5.69 Å². The van der Waals surface area contributed by atoms with Crippen molar-refractivity contribution in [3.63, 3.8) is 0 Å². The van der Waals surface area contributed by atoms with Crippen molar-refractivity contribution in [3.8, 4) is 5.75 Å². The summed E-state index contributed by atoms with van der Waals surface area (Å²) in [5, 5.41) is 9.40. The van der Waals surface area contributed by atoms with E-state index in [-0.39, 0.29) is 0 Å². The van der Waals surface area contributed by atoms with Crippen LogP contribution in [-0.2, 0) is 6.42 Å². The van der Waals surface area contributed by atoms with E-state index in [0.29, 0.717) is 5.75 Å². The highest BCUT2D eigenvalue weighted by atomic mass is 16.3. The summed E-state index contributed by atoms with van der Waals surface area (Å²) in [5.41, 5.74) is 1.80. The van der Waals surface area contributed by atoms with Crippen LogP contribution in [-0.4, -0.2) is 10.1 Å². The van der Waals surface area contributed by atoms with Gasteiger partial charge in [-0.15, -0.1) is 0 Å². The van der Waals surface area contributed by atoms with Gasteiger partial charge in [-0.05, 0) is 31.9 Å². The smallest absolute Gasteiger partial charge is 0.137 e. The minimum Gasteiger partial charge on any atom is -0.506 e. The van der Waals surface area contributed by atoms with Gasteiger partial charge in [-0.3, -0.25) is 4.98 Å². The van der Waals surface area contributed by atoms with E-state index in [9.17, 15) is 5.11 Å². The lowest BCUT2D eigenvalue weighted by molar-refractivity contribution is 0.462. The number of unbranched alkanes of at least 4 members (excludes halogenated alkanes) is 1. The van der Waals surface area contributed by atoms with Crippen molar-refractivity contribution in [2.45, 2.75) is 33.1 Å². The van der Waals surface area contributed by atoms with Gasteiger partial charge in [0, 0.05) is 5.69 Å². The molecule has 0 bridgehead atoms. The predicted molar refractivity (Wildman–Crippen MR) is 49.3 cm³/mol. The molecule has 1 rings (SSSR count). The van der Waals surface area contributed by atoms with Crippen LogP contribution in [0.3, 0.4) is 0 Å². The lowest BCUT2D eigenvalue weighted by Crippen LogP contribution is -1.92. The largest absolute Gasteiger partial charge is 0.506 e. The van der Waals surface area contributed by atoms with Gasteiger partial charge in [0.2, 0.25) is 0 Å². The Morgan fingerprint density at radius 2 is 2.17 bits per heavy atom. The fraction of sp³-hybridized carbons (Fsp3) is 0.500. The SMILES string of the molecule is CCCCc1nc(C)ccc1O. The maximum absolute atomic E-state index is 9.40. The van der Waals surface area contributed by atoms with Crippen LogP contribution < -0.4 is 0 Å². The fourth-order valence-electron chi connectivity index (χ4n) is 1.13. The van der Waals surface area contributed by atoms with Crippen LogP contribution in [0.4, 0.5) is 0 Å². The lowest BCUT2D eigenvalue weighted by atomic mass is 10.1. The second kappa shape index (κ2) is 4.10. The molecule has 1 aromatic rings. The third-order valence-electron chi connectivity index (χ3n) is 1.86. The van der Waals surface area contributed by atoms with Crippen LogP contribution in [0.1, 0.15) is 31.2 Å². The normalized spacial score (nSPS) is 10.2. The minimum absolute atomic E-state index is 0.328. The zero-order valence-electron chi connectivity index (χ0n) is 7.67. The molecule has 1 aromatic heterocycles. The van der Waals surface area contributed by atoms with Gasteiger partial charge in [0.15, 0.2) is 0 Å². The summed E-state index contributed by atoms with van der Waals surface area (Å²) < 4.78 is 0. The summed E-state index contributed by atoms with van der Waals surface area (Å²) in [4.78, 5) is 4.26. The Kier molecular flexibility index (Phi) is 3.09. The van der Waals surface area contributed by atoms with Crippen LogP contribution in [0.25, 0.3) is 0 Å². The van der Waals surface area contributed by atoms with Crippen molar-refractivity contribution in [1.82, 2.24) is 4.98 Å². The molecule has 0 amide bonds. The maximum atomic E-state index is 9.40. The number of aryl methyl sites for hydroxylation is 2. The first-order valence-corrected chi connectivity index (χ1v) is 4.39. The van der Waals surface area contributed by atoms with E-state index in [1.807, 2.05) is 13.0 Å². The number of pyridine rings is 1. The van der Waals surface area contributed by atoms with E-state index >= 15 is 0 Å². The van der Waals surface area contributed by atoms with Crippen LogP contribution in [0, 0.1) is 6.92 Å². The summed E-state index contributed by atoms with van der Waals surface area (Å²) in [6, 6.07) is 3.54. The summed E-state index contributed by atoms with van der Waals surface area (Å²) >= 11 is 0. The van der Waals surface area contributed by atoms with E-state index in [4.69, 9.17) is 0 Å². The molecule has 0 radical (unpaired) electrons. The molecule has 2 nitrogen and oxygen atoms in total. The molecule has 2 heteroatoms. The zero-order valence-corrected chi connectivity index (χ0v) is 7.67. The number of hydrogen-bond acceptors (Lipinski definition) is 2. The summed E-state index contributed by atoms with van der Waals surface area (Å²) in [6.07, 6.45) is 3.10. The molecule has 0 saturated carbocycles. The molecule has 0 aliphatic heterocycles. The van der Waals surface area contributed by atoms with E-state index in [2.05, 4.69) is 11.9 Å². The fourth-order valence-corrected chi connectivity index (χ4v) is 1.13. The molecule has 12 heavy (non-hydrogen) atoms. The topological polar surface area (TPSA) is 33.1 Å². The number of nitrogens with zero attached hydrogens (tertiary/aromatic N) is 1. The van der Waals surface area contributed by atoms with Gasteiger partial charge >= 0.3 is 0 Å². The Labute approximate surface area is 73.3 Å². The van der Waals surface area contributed by atoms with Gasteiger partial charge in [-0.2, -0.15) is 0 Å². The molecule has 0 saturated heterocycles. The van der Waals surface area contributed by atoms with E-state index in [0.717, 1.165) is 30.7 Å². The molecule has 66 valence electrons. The van der Waals surface area contributed by atoms with Crippen LogP contribution in [0.5, 0.6) is 5.75 Å². The van der Waals surface area contributed by atoms with Crippen molar-refractivity contribution in [3.05, 3.63) is 23.5 Å². The van der Waals surface area contributed by atoms with Crippen molar-refractivity contribution < 1.29 is 5.11 Å². The second-order valence-corrected chi connectivity index (χ2v) is 3.02. The van der Waals surface area contributed by atoms with Crippen LogP contribution in [0.2, 0.25) is 0 Å². The molecule has 0 fully saturated rings. The molecular weight excluding hydrogens is 150 g/mol. The average molecular weight is 165 g/mol. The quantitative estimate of drug-likeness (QED) is 0.746. The number of aromatic nitrogens is 1. The standard InChI is InChI=1S/C10H15NO/c1-3-4-5-9-10(12)7-6-8(2)11-9/h6-7,12H,3-5H2,1-2H3. The van der Waals surface area contributed by atoms with E-state index in [1.54, 1.807) is 6.07 Å². The first-order chi connectivity index (χ1) is 5.74. The van der Waals surface area contributed by atoms with E-state index < -0.39 is 0 Å². The van der Waals surface area contributed by atoms with Gasteiger partial charge < -0.3 is 5.11 Å². The molecule has 1 heterocycles. The van der Waals surface area contributed by atoms with Crippen LogP contribution in [0.15, 0.2) is 12.1 Å².